The van der Waals surface area contributed by atoms with Crippen LogP contribution in [0, 0.1) is 0 Å². The lowest BCUT2D eigenvalue weighted by molar-refractivity contribution is 0.597. The number of benzene rings is 1. The highest BCUT2D eigenvalue weighted by Crippen LogP contribution is 2.22. The van der Waals surface area contributed by atoms with Crippen LogP contribution >= 0.6 is 11.6 Å². The van der Waals surface area contributed by atoms with Crippen LogP contribution in [0.1, 0.15) is 37.7 Å². The Hall–Kier alpha value is -0.790. The summed E-state index contributed by atoms with van der Waals surface area (Å²) in [5, 5.41) is 4.29. The van der Waals surface area contributed by atoms with Gasteiger partial charge >= 0.3 is 0 Å². The molecule has 1 aromatic rings. The first-order valence-corrected chi connectivity index (χ1v) is 7.28. The molecule has 1 N–H and O–H groups in total. The van der Waals surface area contributed by atoms with E-state index in [1.165, 1.54) is 37.7 Å². The molecule has 18 heavy (non-hydrogen) atoms. The summed E-state index contributed by atoms with van der Waals surface area (Å²) in [4.78, 5) is 0. The van der Waals surface area contributed by atoms with E-state index in [0.29, 0.717) is 6.04 Å². The minimum atomic E-state index is 0.460. The largest absolute Gasteiger partial charge is 0.313 e. The number of halogens is 1. The number of hydrogen-bond acceptors (Lipinski definition) is 1. The summed E-state index contributed by atoms with van der Waals surface area (Å²) in [6, 6.07) is 8.66. The van der Waals surface area contributed by atoms with E-state index in [2.05, 4.69) is 30.6 Å². The van der Waals surface area contributed by atoms with Crippen LogP contribution < -0.4 is 5.32 Å². The van der Waals surface area contributed by atoms with Crippen LogP contribution in [0.4, 0.5) is 0 Å². The van der Waals surface area contributed by atoms with Crippen molar-refractivity contribution in [1.29, 1.82) is 0 Å². The highest BCUT2D eigenvalue weighted by Gasteiger charge is 2.14. The summed E-state index contributed by atoms with van der Waals surface area (Å²) >= 11 is 6.05. The third kappa shape index (κ3) is 3.86. The fraction of sp³-hybridized carbons (Fsp3) is 0.500. The predicted octanol–water partition coefficient (Wildman–Crippen LogP) is 4.36. The second-order valence-electron chi connectivity index (χ2n) is 5.05. The molecule has 1 aliphatic carbocycles. The minimum Gasteiger partial charge on any atom is -0.313 e. The van der Waals surface area contributed by atoms with Crippen LogP contribution in [0.2, 0.25) is 5.02 Å². The molecule has 2 heteroatoms. The Morgan fingerprint density at radius 3 is 2.94 bits per heavy atom. The zero-order valence-electron chi connectivity index (χ0n) is 11.1. The highest BCUT2D eigenvalue weighted by atomic mass is 35.5. The molecule has 0 radical (unpaired) electrons. The maximum Gasteiger partial charge on any atom is 0.0408 e. The Bertz CT molecular complexity index is 411. The van der Waals surface area contributed by atoms with E-state index >= 15 is 0 Å². The fourth-order valence-electron chi connectivity index (χ4n) is 2.67. The van der Waals surface area contributed by atoms with Gasteiger partial charge in [0.25, 0.3) is 0 Å². The summed E-state index contributed by atoms with van der Waals surface area (Å²) in [5.74, 6) is 0. The van der Waals surface area contributed by atoms with Gasteiger partial charge in [0.15, 0.2) is 0 Å². The molecular formula is C16H22ClN. The van der Waals surface area contributed by atoms with Crippen LogP contribution in [0.5, 0.6) is 0 Å². The second-order valence-corrected chi connectivity index (χ2v) is 5.49. The van der Waals surface area contributed by atoms with Gasteiger partial charge in [-0.2, -0.15) is 0 Å². The van der Waals surface area contributed by atoms with Crippen molar-refractivity contribution in [2.75, 3.05) is 7.05 Å². The van der Waals surface area contributed by atoms with Gasteiger partial charge in [0.1, 0.15) is 0 Å². The maximum atomic E-state index is 6.05. The van der Waals surface area contributed by atoms with Gasteiger partial charge in [-0.25, -0.2) is 0 Å². The SMILES string of the molecule is CNC(Cc1cccc(Cl)c1)C1=CCCCCC1. The summed E-state index contributed by atoms with van der Waals surface area (Å²) in [6.45, 7) is 0. The predicted molar refractivity (Wildman–Crippen MR) is 79.2 cm³/mol. The lowest BCUT2D eigenvalue weighted by atomic mass is 9.95. The first-order chi connectivity index (χ1) is 8.79. The van der Waals surface area contributed by atoms with Gasteiger partial charge in [-0.05, 0) is 56.8 Å². The molecular weight excluding hydrogens is 242 g/mol. The third-order valence-corrected chi connectivity index (χ3v) is 3.94. The Morgan fingerprint density at radius 1 is 1.28 bits per heavy atom. The molecule has 2 rings (SSSR count). The van der Waals surface area contributed by atoms with Crippen LogP contribution in [0.3, 0.4) is 0 Å². The maximum absolute atomic E-state index is 6.05. The molecule has 0 saturated heterocycles. The van der Waals surface area contributed by atoms with Crippen LogP contribution in [0.25, 0.3) is 0 Å². The van der Waals surface area contributed by atoms with Gasteiger partial charge in [0.05, 0.1) is 0 Å². The van der Waals surface area contributed by atoms with Gasteiger partial charge in [0, 0.05) is 11.1 Å². The molecule has 0 bridgehead atoms. The van der Waals surface area contributed by atoms with Gasteiger partial charge in [-0.1, -0.05) is 41.8 Å². The van der Waals surface area contributed by atoms with E-state index in [1.807, 2.05) is 12.1 Å². The van der Waals surface area contributed by atoms with Crippen molar-refractivity contribution in [2.45, 2.75) is 44.6 Å². The monoisotopic (exact) mass is 263 g/mol. The molecule has 0 aromatic heterocycles. The zero-order chi connectivity index (χ0) is 12.8. The fourth-order valence-corrected chi connectivity index (χ4v) is 2.89. The lowest BCUT2D eigenvalue weighted by Crippen LogP contribution is -2.29. The standard InChI is InChI=1S/C16H22ClN/c1-18-16(14-8-4-2-3-5-9-14)12-13-7-6-10-15(17)11-13/h6-8,10-11,16,18H,2-5,9,12H2,1H3. The molecule has 1 unspecified atom stereocenters. The molecule has 0 aliphatic heterocycles. The molecule has 1 aromatic carbocycles. The number of rotatable bonds is 4. The molecule has 0 spiro atoms. The number of allylic oxidation sites excluding steroid dienone is 1. The van der Waals surface area contributed by atoms with Gasteiger partial charge < -0.3 is 5.32 Å². The summed E-state index contributed by atoms with van der Waals surface area (Å²) < 4.78 is 0. The van der Waals surface area contributed by atoms with E-state index in [0.717, 1.165) is 11.4 Å². The number of hydrogen-bond donors (Lipinski definition) is 1. The molecule has 1 nitrogen and oxygen atoms in total. The van der Waals surface area contributed by atoms with Crippen molar-refractivity contribution in [3.8, 4) is 0 Å². The normalized spacial score (nSPS) is 18.0. The highest BCUT2D eigenvalue weighted by molar-refractivity contribution is 6.30. The Kier molecular flexibility index (Phi) is 5.27. The first kappa shape index (κ1) is 13.6. The van der Waals surface area contributed by atoms with E-state index in [4.69, 9.17) is 11.6 Å². The Labute approximate surface area is 115 Å². The molecule has 0 amide bonds. The van der Waals surface area contributed by atoms with Crippen molar-refractivity contribution in [3.05, 3.63) is 46.5 Å². The van der Waals surface area contributed by atoms with Crippen molar-refractivity contribution in [2.24, 2.45) is 0 Å². The number of likely N-dealkylation sites (N-methyl/N-ethyl adjacent to an activating group) is 1. The van der Waals surface area contributed by atoms with E-state index in [-0.39, 0.29) is 0 Å². The third-order valence-electron chi connectivity index (χ3n) is 3.70. The van der Waals surface area contributed by atoms with Crippen molar-refractivity contribution in [3.63, 3.8) is 0 Å². The lowest BCUT2D eigenvalue weighted by Gasteiger charge is -2.20. The van der Waals surface area contributed by atoms with Gasteiger partial charge in [-0.15, -0.1) is 0 Å². The molecule has 0 saturated carbocycles. The Balaban J connectivity index is 2.06. The van der Waals surface area contributed by atoms with Crippen molar-refractivity contribution in [1.82, 2.24) is 5.32 Å². The zero-order valence-corrected chi connectivity index (χ0v) is 11.8. The van der Waals surface area contributed by atoms with E-state index in [9.17, 15) is 0 Å². The molecule has 1 atom stereocenters. The van der Waals surface area contributed by atoms with Crippen molar-refractivity contribution >= 4 is 11.6 Å². The summed E-state index contributed by atoms with van der Waals surface area (Å²) in [7, 11) is 2.06. The quantitative estimate of drug-likeness (QED) is 0.796. The molecule has 1 aliphatic rings. The van der Waals surface area contributed by atoms with E-state index < -0.39 is 0 Å². The number of nitrogens with one attached hydrogen (secondary N) is 1. The summed E-state index contributed by atoms with van der Waals surface area (Å²) in [6.07, 6.45) is 10.0. The van der Waals surface area contributed by atoms with Crippen molar-refractivity contribution < 1.29 is 0 Å². The molecule has 98 valence electrons. The molecule has 0 fully saturated rings. The second kappa shape index (κ2) is 6.96. The Morgan fingerprint density at radius 2 is 2.17 bits per heavy atom. The molecule has 0 heterocycles. The van der Waals surface area contributed by atoms with Crippen LogP contribution in [-0.4, -0.2) is 13.1 Å². The average molecular weight is 264 g/mol. The smallest absolute Gasteiger partial charge is 0.0408 e. The average Bonchev–Trinajstić information content (AvgIpc) is 2.65. The van der Waals surface area contributed by atoms with Crippen LogP contribution in [-0.2, 0) is 6.42 Å². The van der Waals surface area contributed by atoms with Crippen LogP contribution in [0.15, 0.2) is 35.9 Å². The van der Waals surface area contributed by atoms with Gasteiger partial charge in [-0.3, -0.25) is 0 Å². The van der Waals surface area contributed by atoms with Gasteiger partial charge in [0.2, 0.25) is 0 Å². The summed E-state index contributed by atoms with van der Waals surface area (Å²) in [5.41, 5.74) is 2.89. The minimum absolute atomic E-state index is 0.460. The van der Waals surface area contributed by atoms with E-state index in [1.54, 1.807) is 5.57 Å². The first-order valence-electron chi connectivity index (χ1n) is 6.90. The topological polar surface area (TPSA) is 12.0 Å².